The minimum absolute atomic E-state index is 0.0776. The maximum atomic E-state index is 13.0. The molecule has 0 amide bonds. The van der Waals surface area contributed by atoms with E-state index < -0.39 is 21.8 Å². The van der Waals surface area contributed by atoms with Crippen LogP contribution in [0.3, 0.4) is 0 Å². The highest BCUT2D eigenvalue weighted by Crippen LogP contribution is 2.16. The standard InChI is InChI=1S/C11H16FN3O2S/c1-8(11(13)14)7-15(2)18(16,17)10-5-3-4-9(12)6-10/h3-6,8H,7H2,1-2H3,(H3,13,14). The van der Waals surface area contributed by atoms with E-state index in [1.54, 1.807) is 6.92 Å². The Balaban J connectivity index is 2.97. The molecule has 1 aromatic rings. The Labute approximate surface area is 106 Å². The summed E-state index contributed by atoms with van der Waals surface area (Å²) in [7, 11) is -2.37. The van der Waals surface area contributed by atoms with Crippen LogP contribution in [-0.4, -0.2) is 32.2 Å². The molecule has 0 bridgehead atoms. The van der Waals surface area contributed by atoms with Crippen LogP contribution >= 0.6 is 0 Å². The number of nitrogens with two attached hydrogens (primary N) is 1. The van der Waals surface area contributed by atoms with Crippen LogP contribution in [0.25, 0.3) is 0 Å². The fraction of sp³-hybridized carbons (Fsp3) is 0.364. The summed E-state index contributed by atoms with van der Waals surface area (Å²) in [5.74, 6) is -1.08. The second-order valence-electron chi connectivity index (χ2n) is 4.10. The summed E-state index contributed by atoms with van der Waals surface area (Å²) in [5, 5.41) is 7.23. The minimum Gasteiger partial charge on any atom is -0.387 e. The number of hydrogen-bond donors (Lipinski definition) is 2. The monoisotopic (exact) mass is 273 g/mol. The topological polar surface area (TPSA) is 87.2 Å². The van der Waals surface area contributed by atoms with Gasteiger partial charge in [-0.05, 0) is 18.2 Å². The number of benzene rings is 1. The van der Waals surface area contributed by atoms with E-state index in [1.807, 2.05) is 0 Å². The summed E-state index contributed by atoms with van der Waals surface area (Å²) < 4.78 is 38.3. The second kappa shape index (κ2) is 5.45. The van der Waals surface area contributed by atoms with Crippen molar-refractivity contribution in [2.24, 2.45) is 11.7 Å². The molecule has 0 aliphatic heterocycles. The van der Waals surface area contributed by atoms with Crippen LogP contribution in [0.1, 0.15) is 6.92 Å². The highest BCUT2D eigenvalue weighted by molar-refractivity contribution is 7.89. The lowest BCUT2D eigenvalue weighted by Crippen LogP contribution is -2.35. The van der Waals surface area contributed by atoms with Crippen molar-refractivity contribution < 1.29 is 12.8 Å². The molecule has 0 radical (unpaired) electrons. The van der Waals surface area contributed by atoms with E-state index in [9.17, 15) is 12.8 Å². The third-order valence-electron chi connectivity index (χ3n) is 2.57. The molecule has 7 heteroatoms. The first-order valence-corrected chi connectivity index (χ1v) is 6.75. The van der Waals surface area contributed by atoms with Gasteiger partial charge in [-0.25, -0.2) is 17.1 Å². The predicted octanol–water partition coefficient (Wildman–Crippen LogP) is 1.02. The van der Waals surface area contributed by atoms with E-state index in [0.717, 1.165) is 10.4 Å². The Morgan fingerprint density at radius 2 is 2.17 bits per heavy atom. The van der Waals surface area contributed by atoms with E-state index in [0.29, 0.717) is 0 Å². The van der Waals surface area contributed by atoms with Gasteiger partial charge in [-0.1, -0.05) is 13.0 Å². The fourth-order valence-electron chi connectivity index (χ4n) is 1.39. The van der Waals surface area contributed by atoms with Crippen molar-refractivity contribution in [3.8, 4) is 0 Å². The smallest absolute Gasteiger partial charge is 0.242 e. The van der Waals surface area contributed by atoms with Crippen LogP contribution in [0.5, 0.6) is 0 Å². The Morgan fingerprint density at radius 3 is 2.67 bits per heavy atom. The molecule has 3 N–H and O–H groups in total. The van der Waals surface area contributed by atoms with Crippen LogP contribution in [0.4, 0.5) is 4.39 Å². The van der Waals surface area contributed by atoms with E-state index >= 15 is 0 Å². The molecule has 1 rings (SSSR count). The lowest BCUT2D eigenvalue weighted by atomic mass is 10.2. The number of sulfonamides is 1. The molecule has 0 heterocycles. The van der Waals surface area contributed by atoms with Gasteiger partial charge in [0.25, 0.3) is 0 Å². The van der Waals surface area contributed by atoms with Gasteiger partial charge in [-0.3, -0.25) is 5.41 Å². The van der Waals surface area contributed by atoms with E-state index in [-0.39, 0.29) is 17.3 Å². The zero-order valence-electron chi connectivity index (χ0n) is 10.2. The molecule has 0 fully saturated rings. The molecule has 0 saturated carbocycles. The molecule has 0 spiro atoms. The van der Waals surface area contributed by atoms with Gasteiger partial charge in [0.2, 0.25) is 10.0 Å². The molecule has 0 aliphatic rings. The molecule has 0 aromatic heterocycles. The number of rotatable bonds is 5. The van der Waals surface area contributed by atoms with Crippen LogP contribution < -0.4 is 5.73 Å². The van der Waals surface area contributed by atoms with Crippen molar-refractivity contribution in [2.45, 2.75) is 11.8 Å². The molecule has 5 nitrogen and oxygen atoms in total. The normalized spacial score (nSPS) is 13.6. The first-order chi connectivity index (χ1) is 8.25. The van der Waals surface area contributed by atoms with E-state index in [2.05, 4.69) is 0 Å². The van der Waals surface area contributed by atoms with Crippen molar-refractivity contribution >= 4 is 15.9 Å². The minimum atomic E-state index is -3.75. The Hall–Kier alpha value is -1.47. The average Bonchev–Trinajstić information content (AvgIpc) is 2.28. The maximum Gasteiger partial charge on any atom is 0.242 e. The lowest BCUT2D eigenvalue weighted by molar-refractivity contribution is 0.442. The molecular weight excluding hydrogens is 257 g/mol. The average molecular weight is 273 g/mol. The number of nitrogens with zero attached hydrogens (tertiary/aromatic N) is 1. The molecule has 1 aromatic carbocycles. The number of halogens is 1. The summed E-state index contributed by atoms with van der Waals surface area (Å²) in [6.07, 6.45) is 0. The van der Waals surface area contributed by atoms with Gasteiger partial charge in [-0.15, -0.1) is 0 Å². The van der Waals surface area contributed by atoms with Crippen LogP contribution in [0, 0.1) is 17.1 Å². The SMILES string of the molecule is CC(CN(C)S(=O)(=O)c1cccc(F)c1)C(=N)N. The highest BCUT2D eigenvalue weighted by Gasteiger charge is 2.23. The molecular formula is C11H16FN3O2S. The largest absolute Gasteiger partial charge is 0.387 e. The summed E-state index contributed by atoms with van der Waals surface area (Å²) in [4.78, 5) is -0.110. The van der Waals surface area contributed by atoms with Crippen molar-refractivity contribution in [2.75, 3.05) is 13.6 Å². The first-order valence-electron chi connectivity index (χ1n) is 5.31. The zero-order chi connectivity index (χ0) is 13.9. The predicted molar refractivity (Wildman–Crippen MR) is 67.3 cm³/mol. The van der Waals surface area contributed by atoms with E-state index in [1.165, 1.54) is 25.2 Å². The molecule has 1 atom stereocenters. The molecule has 100 valence electrons. The Kier molecular flexibility index (Phi) is 4.42. The van der Waals surface area contributed by atoms with Gasteiger partial charge in [0.15, 0.2) is 0 Å². The van der Waals surface area contributed by atoms with Gasteiger partial charge < -0.3 is 5.73 Å². The van der Waals surface area contributed by atoms with Crippen molar-refractivity contribution in [1.29, 1.82) is 5.41 Å². The summed E-state index contributed by atoms with van der Waals surface area (Å²) >= 11 is 0. The summed E-state index contributed by atoms with van der Waals surface area (Å²) in [5.41, 5.74) is 5.29. The Morgan fingerprint density at radius 1 is 1.56 bits per heavy atom. The van der Waals surface area contributed by atoms with Gasteiger partial charge in [0.05, 0.1) is 10.7 Å². The molecule has 0 aliphatic carbocycles. The fourth-order valence-corrected chi connectivity index (χ4v) is 2.68. The van der Waals surface area contributed by atoms with Crippen molar-refractivity contribution in [3.05, 3.63) is 30.1 Å². The maximum absolute atomic E-state index is 13.0. The van der Waals surface area contributed by atoms with Crippen LogP contribution in [-0.2, 0) is 10.0 Å². The van der Waals surface area contributed by atoms with Gasteiger partial charge in [0, 0.05) is 19.5 Å². The lowest BCUT2D eigenvalue weighted by Gasteiger charge is -2.20. The second-order valence-corrected chi connectivity index (χ2v) is 6.14. The van der Waals surface area contributed by atoms with Crippen LogP contribution in [0.2, 0.25) is 0 Å². The van der Waals surface area contributed by atoms with Gasteiger partial charge in [-0.2, -0.15) is 0 Å². The molecule has 1 unspecified atom stereocenters. The third kappa shape index (κ3) is 3.27. The summed E-state index contributed by atoms with van der Waals surface area (Å²) in [6.45, 7) is 1.73. The van der Waals surface area contributed by atoms with Crippen molar-refractivity contribution in [1.82, 2.24) is 4.31 Å². The third-order valence-corrected chi connectivity index (χ3v) is 4.39. The number of amidine groups is 1. The number of nitrogens with one attached hydrogen (secondary N) is 1. The molecule has 0 saturated heterocycles. The summed E-state index contributed by atoms with van der Waals surface area (Å²) in [6, 6.07) is 4.80. The first kappa shape index (κ1) is 14.6. The molecule has 18 heavy (non-hydrogen) atoms. The van der Waals surface area contributed by atoms with Gasteiger partial charge >= 0.3 is 0 Å². The van der Waals surface area contributed by atoms with Gasteiger partial charge in [0.1, 0.15) is 5.82 Å². The zero-order valence-corrected chi connectivity index (χ0v) is 11.0. The van der Waals surface area contributed by atoms with Crippen molar-refractivity contribution in [3.63, 3.8) is 0 Å². The number of hydrogen-bond acceptors (Lipinski definition) is 3. The van der Waals surface area contributed by atoms with Crippen LogP contribution in [0.15, 0.2) is 29.2 Å². The van der Waals surface area contributed by atoms with E-state index in [4.69, 9.17) is 11.1 Å². The highest BCUT2D eigenvalue weighted by atomic mass is 32.2. The Bertz CT molecular complexity index is 545. The quantitative estimate of drug-likeness (QED) is 0.620.